The van der Waals surface area contributed by atoms with Gasteiger partial charge in [-0.2, -0.15) is 0 Å². The van der Waals surface area contributed by atoms with Gasteiger partial charge in [-0.15, -0.1) is 0 Å². The summed E-state index contributed by atoms with van der Waals surface area (Å²) in [7, 11) is 0. The third kappa shape index (κ3) is 2.53. The normalized spacial score (nSPS) is 11.1. The maximum Gasteiger partial charge on any atom is 0.137 e. The molecule has 0 amide bonds. The molecule has 19 heavy (non-hydrogen) atoms. The number of hydrogen-bond acceptors (Lipinski definition) is 2. The van der Waals surface area contributed by atoms with Crippen molar-refractivity contribution in [2.75, 3.05) is 5.73 Å². The zero-order chi connectivity index (χ0) is 13.4. The van der Waals surface area contributed by atoms with Crippen LogP contribution in [-0.4, -0.2) is 9.38 Å². The molecule has 2 heterocycles. The molecule has 0 aliphatic rings. The number of nitrogens with two attached hydrogens (primary N) is 1. The van der Waals surface area contributed by atoms with Gasteiger partial charge in [-0.05, 0) is 29.8 Å². The number of benzene rings is 1. The van der Waals surface area contributed by atoms with Gasteiger partial charge in [-0.25, -0.2) is 4.98 Å². The van der Waals surface area contributed by atoms with E-state index >= 15 is 0 Å². The number of pyridine rings is 1. The standard InChI is InChI=1S/C14H11Cl2N3/c15-12-3-1-9(6-13(12)16)5-11-8-19-7-10(17)2-4-14(19)18-11/h1-4,6-8H,5,17H2. The van der Waals surface area contributed by atoms with Gasteiger partial charge in [0.1, 0.15) is 5.65 Å². The first-order valence-corrected chi connectivity index (χ1v) is 6.54. The van der Waals surface area contributed by atoms with Crippen molar-refractivity contribution in [2.24, 2.45) is 0 Å². The Morgan fingerprint density at radius 2 is 1.89 bits per heavy atom. The Labute approximate surface area is 120 Å². The van der Waals surface area contributed by atoms with E-state index in [1.165, 1.54) is 0 Å². The zero-order valence-electron chi connectivity index (χ0n) is 9.98. The molecule has 0 radical (unpaired) electrons. The fourth-order valence-electron chi connectivity index (χ4n) is 2.01. The summed E-state index contributed by atoms with van der Waals surface area (Å²) in [5.74, 6) is 0. The minimum absolute atomic E-state index is 0.562. The Bertz CT molecular complexity index is 750. The van der Waals surface area contributed by atoms with Gasteiger partial charge in [0, 0.05) is 24.5 Å². The highest BCUT2D eigenvalue weighted by atomic mass is 35.5. The Kier molecular flexibility index (Phi) is 3.09. The van der Waals surface area contributed by atoms with Crippen LogP contribution in [0.4, 0.5) is 5.69 Å². The second kappa shape index (κ2) is 4.76. The summed E-state index contributed by atoms with van der Waals surface area (Å²) in [5, 5.41) is 1.13. The van der Waals surface area contributed by atoms with Gasteiger partial charge in [-0.3, -0.25) is 0 Å². The molecule has 3 nitrogen and oxygen atoms in total. The summed E-state index contributed by atoms with van der Waals surface area (Å²) < 4.78 is 1.92. The van der Waals surface area contributed by atoms with Gasteiger partial charge in [0.05, 0.1) is 15.7 Å². The van der Waals surface area contributed by atoms with Crippen LogP contribution in [0.1, 0.15) is 11.3 Å². The van der Waals surface area contributed by atoms with E-state index in [4.69, 9.17) is 28.9 Å². The molecule has 0 saturated carbocycles. The summed E-state index contributed by atoms with van der Waals surface area (Å²) >= 11 is 11.9. The second-order valence-electron chi connectivity index (χ2n) is 4.39. The lowest BCUT2D eigenvalue weighted by atomic mass is 10.1. The number of fused-ring (bicyclic) bond motifs is 1. The van der Waals surface area contributed by atoms with Crippen LogP contribution < -0.4 is 5.73 Å². The van der Waals surface area contributed by atoms with Crippen LogP contribution in [0.5, 0.6) is 0 Å². The molecule has 0 fully saturated rings. The van der Waals surface area contributed by atoms with Gasteiger partial charge in [0.25, 0.3) is 0 Å². The zero-order valence-corrected chi connectivity index (χ0v) is 11.5. The molecule has 1 aromatic carbocycles. The number of halogens is 2. The number of rotatable bonds is 2. The van der Waals surface area contributed by atoms with Crippen molar-refractivity contribution in [3.05, 3.63) is 64.0 Å². The second-order valence-corrected chi connectivity index (χ2v) is 5.20. The maximum atomic E-state index is 6.01. The summed E-state index contributed by atoms with van der Waals surface area (Å²) in [5.41, 5.74) is 9.37. The topological polar surface area (TPSA) is 43.3 Å². The Balaban J connectivity index is 1.94. The molecule has 2 N–H and O–H groups in total. The molecule has 0 aliphatic heterocycles. The van der Waals surface area contributed by atoms with Crippen molar-refractivity contribution < 1.29 is 0 Å². The van der Waals surface area contributed by atoms with E-state index < -0.39 is 0 Å². The van der Waals surface area contributed by atoms with Crippen LogP contribution in [0.3, 0.4) is 0 Å². The molecular formula is C14H11Cl2N3. The van der Waals surface area contributed by atoms with Crippen LogP contribution in [0.2, 0.25) is 10.0 Å². The predicted octanol–water partition coefficient (Wildman–Crippen LogP) is 3.81. The minimum atomic E-state index is 0.562. The Morgan fingerprint density at radius 3 is 2.68 bits per heavy atom. The van der Waals surface area contributed by atoms with Crippen LogP contribution in [-0.2, 0) is 6.42 Å². The van der Waals surface area contributed by atoms with Crippen LogP contribution in [0, 0.1) is 0 Å². The number of imidazole rings is 1. The predicted molar refractivity (Wildman–Crippen MR) is 78.9 cm³/mol. The molecule has 0 bridgehead atoms. The van der Waals surface area contributed by atoms with Gasteiger partial charge >= 0.3 is 0 Å². The molecule has 0 aliphatic carbocycles. The number of nitrogens with zero attached hydrogens (tertiary/aromatic N) is 2. The van der Waals surface area contributed by atoms with E-state index in [0.29, 0.717) is 22.2 Å². The van der Waals surface area contributed by atoms with E-state index in [0.717, 1.165) is 16.9 Å². The molecule has 0 spiro atoms. The van der Waals surface area contributed by atoms with Crippen LogP contribution >= 0.6 is 23.2 Å². The molecule has 5 heteroatoms. The van der Waals surface area contributed by atoms with Gasteiger partial charge < -0.3 is 10.1 Å². The van der Waals surface area contributed by atoms with Crippen molar-refractivity contribution in [3.8, 4) is 0 Å². The third-order valence-electron chi connectivity index (χ3n) is 2.89. The highest BCUT2D eigenvalue weighted by Gasteiger charge is 2.05. The fourth-order valence-corrected chi connectivity index (χ4v) is 2.33. The van der Waals surface area contributed by atoms with Crippen molar-refractivity contribution in [1.29, 1.82) is 0 Å². The van der Waals surface area contributed by atoms with Crippen molar-refractivity contribution in [1.82, 2.24) is 9.38 Å². The Hall–Kier alpha value is -1.71. The molecule has 96 valence electrons. The smallest absolute Gasteiger partial charge is 0.137 e. The lowest BCUT2D eigenvalue weighted by Gasteiger charge is -2.00. The molecule has 0 atom stereocenters. The number of nitrogen functional groups attached to an aromatic ring is 1. The minimum Gasteiger partial charge on any atom is -0.398 e. The molecule has 0 saturated heterocycles. The number of aromatic nitrogens is 2. The summed E-state index contributed by atoms with van der Waals surface area (Å²) in [6.07, 6.45) is 4.52. The van der Waals surface area contributed by atoms with E-state index in [9.17, 15) is 0 Å². The van der Waals surface area contributed by atoms with E-state index in [2.05, 4.69) is 4.98 Å². The van der Waals surface area contributed by atoms with Gasteiger partial charge in [0.2, 0.25) is 0 Å². The number of anilines is 1. The highest BCUT2D eigenvalue weighted by molar-refractivity contribution is 6.42. The van der Waals surface area contributed by atoms with Crippen molar-refractivity contribution in [2.45, 2.75) is 6.42 Å². The lowest BCUT2D eigenvalue weighted by molar-refractivity contribution is 1.11. The summed E-state index contributed by atoms with van der Waals surface area (Å²) in [6, 6.07) is 9.35. The maximum absolute atomic E-state index is 6.01. The molecule has 3 rings (SSSR count). The SMILES string of the molecule is Nc1ccc2nc(Cc3ccc(Cl)c(Cl)c3)cn2c1. The van der Waals surface area contributed by atoms with E-state index in [1.54, 1.807) is 6.07 Å². The fraction of sp³-hybridized carbons (Fsp3) is 0.0714. The number of hydrogen-bond donors (Lipinski definition) is 1. The summed E-state index contributed by atoms with van der Waals surface area (Å²) in [4.78, 5) is 4.53. The van der Waals surface area contributed by atoms with Gasteiger partial charge in [0.15, 0.2) is 0 Å². The first-order chi connectivity index (χ1) is 9.11. The molecule has 3 aromatic rings. The molecule has 0 unspecified atom stereocenters. The molecule has 2 aromatic heterocycles. The monoisotopic (exact) mass is 291 g/mol. The molecular weight excluding hydrogens is 281 g/mol. The van der Waals surface area contributed by atoms with Crippen LogP contribution in [0.15, 0.2) is 42.7 Å². The Morgan fingerprint density at radius 1 is 1.05 bits per heavy atom. The third-order valence-corrected chi connectivity index (χ3v) is 3.63. The largest absolute Gasteiger partial charge is 0.398 e. The first-order valence-electron chi connectivity index (χ1n) is 5.79. The average molecular weight is 292 g/mol. The quantitative estimate of drug-likeness (QED) is 0.780. The van der Waals surface area contributed by atoms with Crippen molar-refractivity contribution >= 4 is 34.5 Å². The lowest BCUT2D eigenvalue weighted by Crippen LogP contribution is -1.88. The van der Waals surface area contributed by atoms with Crippen LogP contribution in [0.25, 0.3) is 5.65 Å². The highest BCUT2D eigenvalue weighted by Crippen LogP contribution is 2.23. The van der Waals surface area contributed by atoms with Crippen molar-refractivity contribution in [3.63, 3.8) is 0 Å². The van der Waals surface area contributed by atoms with E-state index in [-0.39, 0.29) is 0 Å². The van der Waals surface area contributed by atoms with E-state index in [1.807, 2.05) is 41.1 Å². The average Bonchev–Trinajstić information content (AvgIpc) is 2.75. The first kappa shape index (κ1) is 12.3. The van der Waals surface area contributed by atoms with Gasteiger partial charge in [-0.1, -0.05) is 29.3 Å². The summed E-state index contributed by atoms with van der Waals surface area (Å²) in [6.45, 7) is 0.